The summed E-state index contributed by atoms with van der Waals surface area (Å²) in [6.07, 6.45) is 0.447. The molecule has 9 nitrogen and oxygen atoms in total. The lowest BCUT2D eigenvalue weighted by Crippen LogP contribution is -2.31. The molecule has 0 saturated carbocycles. The highest BCUT2D eigenvalue weighted by Crippen LogP contribution is 2.38. The summed E-state index contributed by atoms with van der Waals surface area (Å²) in [5.74, 6) is 2.32. The molecular weight excluding hydrogens is 330 g/mol. The van der Waals surface area contributed by atoms with Crippen molar-refractivity contribution in [3.8, 4) is 11.5 Å². The van der Waals surface area contributed by atoms with Crippen LogP contribution in [-0.2, 0) is 0 Å². The smallest absolute Gasteiger partial charge is 0.212 e. The number of aliphatic imine (C=N–C) groups is 1. The Morgan fingerprint density at radius 2 is 2.08 bits per heavy atom. The maximum atomic E-state index is 5.90. The molecule has 2 aliphatic rings. The van der Waals surface area contributed by atoms with Crippen molar-refractivity contribution in [2.45, 2.75) is 12.6 Å². The zero-order valence-electron chi connectivity index (χ0n) is 12.5. The van der Waals surface area contributed by atoms with Crippen molar-refractivity contribution >= 4 is 34.5 Å². The molecule has 3 aromatic rings. The van der Waals surface area contributed by atoms with Crippen molar-refractivity contribution in [2.24, 2.45) is 10.7 Å². The van der Waals surface area contributed by atoms with E-state index in [0.29, 0.717) is 36.6 Å². The van der Waals surface area contributed by atoms with Crippen LogP contribution in [0.4, 0.5) is 5.95 Å². The fraction of sp³-hybridized carbons (Fsp3) is 0.286. The van der Waals surface area contributed by atoms with Crippen LogP contribution < -0.4 is 20.5 Å². The van der Waals surface area contributed by atoms with Crippen molar-refractivity contribution in [3.63, 3.8) is 0 Å². The lowest BCUT2D eigenvalue weighted by Gasteiger charge is -2.21. The third-order valence-electron chi connectivity index (χ3n) is 3.95. The van der Waals surface area contributed by atoms with Crippen LogP contribution in [0.5, 0.6) is 11.5 Å². The van der Waals surface area contributed by atoms with Gasteiger partial charge in [0.2, 0.25) is 5.95 Å². The third-order valence-corrected chi connectivity index (χ3v) is 4.47. The number of aromatic nitrogens is 4. The second-order valence-corrected chi connectivity index (χ2v) is 6.10. The van der Waals surface area contributed by atoms with Crippen LogP contribution in [-0.4, -0.2) is 38.3 Å². The van der Waals surface area contributed by atoms with Gasteiger partial charge in [0.1, 0.15) is 5.69 Å². The van der Waals surface area contributed by atoms with E-state index in [2.05, 4.69) is 24.9 Å². The molecule has 1 atom stereocenters. The van der Waals surface area contributed by atoms with E-state index < -0.39 is 6.17 Å². The molecule has 0 aliphatic carbocycles. The Labute approximate surface area is 140 Å². The molecule has 4 heterocycles. The predicted molar refractivity (Wildman–Crippen MR) is 88.6 cm³/mol. The molecule has 3 N–H and O–H groups in total. The van der Waals surface area contributed by atoms with Gasteiger partial charge < -0.3 is 15.2 Å². The lowest BCUT2D eigenvalue weighted by atomic mass is 10.2. The van der Waals surface area contributed by atoms with E-state index in [4.69, 9.17) is 15.2 Å². The molecule has 0 unspecified atom stereocenters. The maximum absolute atomic E-state index is 5.90. The number of anilines is 1. The molecule has 0 fully saturated rings. The Hall–Kier alpha value is -2.88. The minimum atomic E-state index is -0.408. The van der Waals surface area contributed by atoms with Gasteiger partial charge in [-0.25, -0.2) is 9.98 Å². The van der Waals surface area contributed by atoms with Gasteiger partial charge in [-0.1, -0.05) is 4.49 Å². The summed E-state index contributed by atoms with van der Waals surface area (Å²) in [5, 5.41) is 8.99. The summed E-state index contributed by atoms with van der Waals surface area (Å²) in [7, 11) is 0. The number of benzene rings is 1. The molecule has 5 rings (SSSR count). The summed E-state index contributed by atoms with van der Waals surface area (Å²) < 4.78 is 17.4. The van der Waals surface area contributed by atoms with Crippen LogP contribution in [0, 0.1) is 0 Å². The fourth-order valence-electron chi connectivity index (χ4n) is 2.91. The number of fused-ring (bicyclic) bond motifs is 4. The van der Waals surface area contributed by atoms with Gasteiger partial charge in [-0.05, 0) is 11.5 Å². The maximum Gasteiger partial charge on any atom is 0.212 e. The predicted octanol–water partition coefficient (Wildman–Crippen LogP) is 1.34. The van der Waals surface area contributed by atoms with Crippen molar-refractivity contribution in [2.75, 3.05) is 18.5 Å². The third kappa shape index (κ3) is 1.99. The Morgan fingerprint density at radius 1 is 1.25 bits per heavy atom. The van der Waals surface area contributed by atoms with E-state index in [1.807, 2.05) is 22.1 Å². The number of nitrogens with zero attached hydrogens (tertiary/aromatic N) is 5. The van der Waals surface area contributed by atoms with E-state index in [1.165, 1.54) is 11.5 Å². The monoisotopic (exact) mass is 343 g/mol. The van der Waals surface area contributed by atoms with E-state index in [0.717, 1.165) is 23.1 Å². The summed E-state index contributed by atoms with van der Waals surface area (Å²) in [5.41, 5.74) is 8.27. The molecule has 0 radical (unpaired) electrons. The first kappa shape index (κ1) is 13.5. The first-order valence-corrected chi connectivity index (χ1v) is 8.32. The molecule has 2 aromatic heterocycles. The van der Waals surface area contributed by atoms with E-state index in [-0.39, 0.29) is 0 Å². The summed E-state index contributed by atoms with van der Waals surface area (Å²) in [6, 6.07) is 3.81. The second kappa shape index (κ2) is 5.06. The number of hydrogen-bond acceptors (Lipinski definition) is 9. The van der Waals surface area contributed by atoms with E-state index >= 15 is 0 Å². The van der Waals surface area contributed by atoms with Crippen LogP contribution in [0.25, 0.3) is 11.0 Å². The minimum absolute atomic E-state index is 0.296. The number of imidazole rings is 1. The largest absolute Gasteiger partial charge is 0.489 e. The Kier molecular flexibility index (Phi) is 2.86. The quantitative estimate of drug-likeness (QED) is 0.685. The highest BCUT2D eigenvalue weighted by molar-refractivity contribution is 7.03. The van der Waals surface area contributed by atoms with Gasteiger partial charge in [0.25, 0.3) is 0 Å². The van der Waals surface area contributed by atoms with Crippen LogP contribution >= 0.6 is 11.5 Å². The van der Waals surface area contributed by atoms with Gasteiger partial charge in [0.15, 0.2) is 23.6 Å². The molecule has 10 heteroatoms. The highest BCUT2D eigenvalue weighted by atomic mass is 32.1. The normalized spacial score (nSPS) is 19.3. The zero-order chi connectivity index (χ0) is 16.1. The topological polar surface area (TPSA) is 112 Å². The van der Waals surface area contributed by atoms with Crippen LogP contribution in [0.2, 0.25) is 0 Å². The Bertz CT molecular complexity index is 950. The first-order valence-electron chi connectivity index (χ1n) is 7.48. The molecule has 0 spiro atoms. The van der Waals surface area contributed by atoms with Gasteiger partial charge in [0, 0.05) is 23.9 Å². The summed E-state index contributed by atoms with van der Waals surface area (Å²) >= 11 is 1.27. The average molecular weight is 343 g/mol. The zero-order valence-corrected chi connectivity index (χ0v) is 13.3. The van der Waals surface area contributed by atoms with Gasteiger partial charge in [-0.3, -0.25) is 9.88 Å². The number of guanidine groups is 1. The van der Waals surface area contributed by atoms with Crippen LogP contribution in [0.3, 0.4) is 0 Å². The lowest BCUT2D eigenvalue weighted by molar-refractivity contribution is 0.297. The Balaban J connectivity index is 1.73. The minimum Gasteiger partial charge on any atom is -0.489 e. The molecular formula is C14H13N7O2S. The number of nitrogens with two attached hydrogens (primary N) is 1. The first-order chi connectivity index (χ1) is 11.8. The van der Waals surface area contributed by atoms with Crippen LogP contribution in [0.15, 0.2) is 22.5 Å². The van der Waals surface area contributed by atoms with E-state index in [1.54, 1.807) is 0 Å². The number of nitrogens with one attached hydrogen (secondary N) is 1. The fourth-order valence-corrected chi connectivity index (χ4v) is 3.37. The number of hydrogen-bond donors (Lipinski definition) is 2. The van der Waals surface area contributed by atoms with E-state index in [9.17, 15) is 0 Å². The standard InChI is InChI=1S/C14H13N7O2S/c15-13-17-12(8-6-24-20-19-8)21-9-5-11-10(22-2-1-3-23-11)4-7(9)16-14(21)18-13/h4-6,12H,1-3H2,(H3,15,16,17,18)/t12-/m0/s1. The molecule has 1 aromatic carbocycles. The number of rotatable bonds is 1. The average Bonchev–Trinajstić information content (AvgIpc) is 3.15. The second-order valence-electron chi connectivity index (χ2n) is 5.49. The van der Waals surface area contributed by atoms with Crippen molar-refractivity contribution in [1.82, 2.24) is 19.1 Å². The SMILES string of the molecule is NC1=N[C@H](c2csnn2)n2c(nc3cc4c(cc32)OCCCO4)N1. The Morgan fingerprint density at radius 3 is 2.88 bits per heavy atom. The van der Waals surface area contributed by atoms with Crippen molar-refractivity contribution in [1.29, 1.82) is 0 Å². The molecule has 0 amide bonds. The molecule has 122 valence electrons. The van der Waals surface area contributed by atoms with Gasteiger partial charge in [0.05, 0.1) is 24.2 Å². The van der Waals surface area contributed by atoms with Crippen LogP contribution in [0.1, 0.15) is 18.3 Å². The highest BCUT2D eigenvalue weighted by Gasteiger charge is 2.28. The van der Waals surface area contributed by atoms with Crippen molar-refractivity contribution < 1.29 is 9.47 Å². The van der Waals surface area contributed by atoms with Gasteiger partial charge in [-0.2, -0.15) is 0 Å². The van der Waals surface area contributed by atoms with Gasteiger partial charge in [-0.15, -0.1) is 5.10 Å². The molecule has 0 saturated heterocycles. The van der Waals surface area contributed by atoms with Crippen molar-refractivity contribution in [3.05, 3.63) is 23.2 Å². The molecule has 2 aliphatic heterocycles. The molecule has 0 bridgehead atoms. The summed E-state index contributed by atoms with van der Waals surface area (Å²) in [4.78, 5) is 9.07. The van der Waals surface area contributed by atoms with Gasteiger partial charge >= 0.3 is 0 Å². The summed E-state index contributed by atoms with van der Waals surface area (Å²) in [6.45, 7) is 1.26. The number of ether oxygens (including phenoxy) is 2. The molecule has 24 heavy (non-hydrogen) atoms.